The van der Waals surface area contributed by atoms with E-state index >= 15 is 0 Å². The van der Waals surface area contributed by atoms with Gasteiger partial charge in [-0.25, -0.2) is 9.97 Å². The van der Waals surface area contributed by atoms with E-state index in [2.05, 4.69) is 41.3 Å². The molecule has 0 unspecified atom stereocenters. The van der Waals surface area contributed by atoms with Crippen molar-refractivity contribution in [3.05, 3.63) is 53.1 Å². The molecule has 0 aliphatic carbocycles. The molecule has 0 saturated heterocycles. The molecule has 2 heterocycles. The average Bonchev–Trinajstić information content (AvgIpc) is 2.99. The lowest BCUT2D eigenvalue weighted by atomic mass is 10.1. The normalized spacial score (nSPS) is 11.2. The van der Waals surface area contributed by atoms with Crippen molar-refractivity contribution >= 4 is 23.1 Å². The zero-order valence-corrected chi connectivity index (χ0v) is 14.8. The first kappa shape index (κ1) is 16.6. The second-order valence-corrected chi connectivity index (χ2v) is 6.36. The standard InChI is InChI=1S/C18H21ClN4O/c1-12(2)15-10-21-18-17(22-16(19)11-23(15)18)20-9-8-13-4-6-14(24-3)7-5-13/h4-7,10-12H,8-9H2,1-3H3,(H,20,22). The Morgan fingerprint density at radius 2 is 2.00 bits per heavy atom. The highest BCUT2D eigenvalue weighted by atomic mass is 35.5. The number of aromatic nitrogens is 3. The van der Waals surface area contributed by atoms with Crippen LogP contribution in [0.1, 0.15) is 31.0 Å². The Hall–Kier alpha value is -2.27. The summed E-state index contributed by atoms with van der Waals surface area (Å²) in [7, 11) is 1.67. The molecule has 0 fully saturated rings. The molecule has 0 aliphatic heterocycles. The number of methoxy groups -OCH3 is 1. The largest absolute Gasteiger partial charge is 0.497 e. The first-order valence-electron chi connectivity index (χ1n) is 7.98. The molecule has 24 heavy (non-hydrogen) atoms. The minimum atomic E-state index is 0.366. The van der Waals surface area contributed by atoms with E-state index in [1.54, 1.807) is 7.11 Å². The number of ether oxygens (including phenoxy) is 1. The summed E-state index contributed by atoms with van der Waals surface area (Å²) in [5.41, 5.74) is 3.15. The fourth-order valence-electron chi connectivity index (χ4n) is 2.64. The maximum absolute atomic E-state index is 6.17. The number of benzene rings is 1. The number of rotatable bonds is 6. The average molecular weight is 345 g/mol. The number of hydrogen-bond acceptors (Lipinski definition) is 4. The number of nitrogens with zero attached hydrogens (tertiary/aromatic N) is 3. The van der Waals surface area contributed by atoms with Gasteiger partial charge in [-0.2, -0.15) is 0 Å². The van der Waals surface area contributed by atoms with Crippen molar-refractivity contribution in [2.45, 2.75) is 26.2 Å². The third-order valence-corrected chi connectivity index (χ3v) is 4.13. The van der Waals surface area contributed by atoms with Crippen LogP contribution >= 0.6 is 11.6 Å². The van der Waals surface area contributed by atoms with Gasteiger partial charge in [0.2, 0.25) is 0 Å². The Morgan fingerprint density at radius 3 is 2.67 bits per heavy atom. The second-order valence-electron chi connectivity index (χ2n) is 5.97. The van der Waals surface area contributed by atoms with E-state index in [0.29, 0.717) is 16.9 Å². The van der Waals surface area contributed by atoms with E-state index < -0.39 is 0 Å². The maximum Gasteiger partial charge on any atom is 0.180 e. The fraction of sp³-hybridized carbons (Fsp3) is 0.333. The predicted molar refractivity (Wildman–Crippen MR) is 97.3 cm³/mol. The SMILES string of the molecule is COc1ccc(CCNc2nc(Cl)cn3c(C(C)C)cnc23)cc1. The van der Waals surface area contributed by atoms with E-state index in [9.17, 15) is 0 Å². The van der Waals surface area contributed by atoms with Gasteiger partial charge in [0.1, 0.15) is 10.9 Å². The molecule has 0 radical (unpaired) electrons. The molecule has 5 nitrogen and oxygen atoms in total. The number of nitrogens with one attached hydrogen (secondary N) is 1. The molecule has 0 amide bonds. The minimum absolute atomic E-state index is 0.366. The summed E-state index contributed by atoms with van der Waals surface area (Å²) >= 11 is 6.17. The van der Waals surface area contributed by atoms with Crippen LogP contribution in [0.4, 0.5) is 5.82 Å². The molecule has 0 bridgehead atoms. The van der Waals surface area contributed by atoms with E-state index in [1.165, 1.54) is 5.56 Å². The van der Waals surface area contributed by atoms with Crippen LogP contribution in [-0.4, -0.2) is 28.0 Å². The van der Waals surface area contributed by atoms with Crippen molar-refractivity contribution in [1.82, 2.24) is 14.4 Å². The zero-order chi connectivity index (χ0) is 17.1. The highest BCUT2D eigenvalue weighted by Crippen LogP contribution is 2.23. The zero-order valence-electron chi connectivity index (χ0n) is 14.1. The quantitative estimate of drug-likeness (QED) is 0.729. The molecule has 6 heteroatoms. The van der Waals surface area contributed by atoms with Crippen molar-refractivity contribution in [3.8, 4) is 5.75 Å². The molecular formula is C18H21ClN4O. The fourth-order valence-corrected chi connectivity index (χ4v) is 2.82. The Balaban J connectivity index is 1.75. The van der Waals surface area contributed by atoms with Gasteiger partial charge in [-0.1, -0.05) is 37.6 Å². The van der Waals surface area contributed by atoms with Crippen molar-refractivity contribution in [2.24, 2.45) is 0 Å². The molecule has 2 aromatic heterocycles. The summed E-state index contributed by atoms with van der Waals surface area (Å²) < 4.78 is 7.18. The predicted octanol–water partition coefficient (Wildman–Crippen LogP) is 4.17. The molecule has 0 saturated carbocycles. The van der Waals surface area contributed by atoms with Crippen LogP contribution in [0.25, 0.3) is 5.65 Å². The van der Waals surface area contributed by atoms with Gasteiger partial charge in [0.15, 0.2) is 11.5 Å². The second kappa shape index (κ2) is 7.09. The van der Waals surface area contributed by atoms with Crippen molar-refractivity contribution in [1.29, 1.82) is 0 Å². The third kappa shape index (κ3) is 3.46. The topological polar surface area (TPSA) is 51.5 Å². The molecular weight excluding hydrogens is 324 g/mol. The number of imidazole rings is 1. The van der Waals surface area contributed by atoms with E-state index in [-0.39, 0.29) is 0 Å². The smallest absolute Gasteiger partial charge is 0.180 e. The van der Waals surface area contributed by atoms with Gasteiger partial charge in [-0.3, -0.25) is 4.40 Å². The maximum atomic E-state index is 6.17. The Kier molecular flexibility index (Phi) is 4.90. The summed E-state index contributed by atoms with van der Waals surface area (Å²) in [5, 5.41) is 3.80. The number of halogens is 1. The highest BCUT2D eigenvalue weighted by molar-refractivity contribution is 6.29. The molecule has 1 N–H and O–H groups in total. The molecule has 0 aliphatic rings. The van der Waals surface area contributed by atoms with Crippen LogP contribution in [-0.2, 0) is 6.42 Å². The van der Waals surface area contributed by atoms with Crippen LogP contribution in [0.3, 0.4) is 0 Å². The summed E-state index contributed by atoms with van der Waals surface area (Å²) in [5.74, 6) is 1.94. The van der Waals surface area contributed by atoms with Crippen LogP contribution in [0.5, 0.6) is 5.75 Å². The van der Waals surface area contributed by atoms with Crippen molar-refractivity contribution < 1.29 is 4.74 Å². The summed E-state index contributed by atoms with van der Waals surface area (Å²) in [4.78, 5) is 8.88. The molecule has 0 spiro atoms. The summed E-state index contributed by atoms with van der Waals surface area (Å²) in [6.07, 6.45) is 4.57. The Morgan fingerprint density at radius 1 is 1.25 bits per heavy atom. The van der Waals surface area contributed by atoms with Gasteiger partial charge in [-0.05, 0) is 30.0 Å². The molecule has 0 atom stereocenters. The Bertz CT molecular complexity index is 827. The lowest BCUT2D eigenvalue weighted by Gasteiger charge is -2.10. The molecule has 3 rings (SSSR count). The van der Waals surface area contributed by atoms with Gasteiger partial charge in [0.25, 0.3) is 0 Å². The lowest BCUT2D eigenvalue weighted by molar-refractivity contribution is 0.414. The van der Waals surface area contributed by atoms with Gasteiger partial charge in [0.05, 0.1) is 7.11 Å². The monoisotopic (exact) mass is 344 g/mol. The Labute approximate surface area is 146 Å². The van der Waals surface area contributed by atoms with Gasteiger partial charge < -0.3 is 10.1 Å². The van der Waals surface area contributed by atoms with Crippen LogP contribution < -0.4 is 10.1 Å². The van der Waals surface area contributed by atoms with Crippen LogP contribution in [0, 0.1) is 0 Å². The number of hydrogen-bond donors (Lipinski definition) is 1. The minimum Gasteiger partial charge on any atom is -0.497 e. The summed E-state index contributed by atoms with van der Waals surface area (Å²) in [6.45, 7) is 5.02. The van der Waals surface area contributed by atoms with E-state index in [4.69, 9.17) is 16.3 Å². The first-order chi connectivity index (χ1) is 11.6. The highest BCUT2D eigenvalue weighted by Gasteiger charge is 2.12. The summed E-state index contributed by atoms with van der Waals surface area (Å²) in [6, 6.07) is 8.06. The third-order valence-electron chi connectivity index (χ3n) is 3.95. The molecule has 3 aromatic rings. The number of anilines is 1. The molecule has 126 valence electrons. The van der Waals surface area contributed by atoms with Crippen LogP contribution in [0.15, 0.2) is 36.7 Å². The van der Waals surface area contributed by atoms with Gasteiger partial charge >= 0.3 is 0 Å². The van der Waals surface area contributed by atoms with Crippen LogP contribution in [0.2, 0.25) is 5.15 Å². The van der Waals surface area contributed by atoms with Gasteiger partial charge in [-0.15, -0.1) is 0 Å². The van der Waals surface area contributed by atoms with Crippen molar-refractivity contribution in [3.63, 3.8) is 0 Å². The lowest BCUT2D eigenvalue weighted by Crippen LogP contribution is -2.09. The van der Waals surface area contributed by atoms with E-state index in [0.717, 1.165) is 30.1 Å². The van der Waals surface area contributed by atoms with E-state index in [1.807, 2.05) is 28.9 Å². The first-order valence-corrected chi connectivity index (χ1v) is 8.36. The van der Waals surface area contributed by atoms with Gasteiger partial charge in [0, 0.05) is 24.6 Å². The van der Waals surface area contributed by atoms with Crippen molar-refractivity contribution in [2.75, 3.05) is 19.0 Å². The molecule has 1 aromatic carbocycles. The number of fused-ring (bicyclic) bond motifs is 1.